The summed E-state index contributed by atoms with van der Waals surface area (Å²) >= 11 is 0. The van der Waals surface area contributed by atoms with Crippen molar-refractivity contribution >= 4 is 6.03 Å². The molecule has 2 N–H and O–H groups in total. The van der Waals surface area contributed by atoms with Gasteiger partial charge >= 0.3 is 6.03 Å². The molecule has 2 aliphatic rings. The van der Waals surface area contributed by atoms with Crippen LogP contribution in [0.4, 0.5) is 4.79 Å². The van der Waals surface area contributed by atoms with Crippen molar-refractivity contribution < 1.29 is 14.0 Å². The summed E-state index contributed by atoms with van der Waals surface area (Å²) in [5, 5.41) is 6.09. The molecule has 0 spiro atoms. The van der Waals surface area contributed by atoms with E-state index in [0.717, 1.165) is 56.6 Å². The molecule has 0 radical (unpaired) electrons. The molecule has 1 aliphatic carbocycles. The number of nitrogens with one attached hydrogen (secondary N) is 2. The SMILES string of the molecule is C[N+]1(CCCCNC(=O)NC2CCCCC2)CCOCC1. The molecule has 2 rings (SSSR count). The number of urea groups is 1. The standard InChI is InChI=1S/C16H31N3O2/c1-19(11-13-21-14-12-19)10-6-5-9-17-16(20)18-15-7-3-2-4-8-15/h15H,2-14H2,1H3,(H-,17,18,20)/p+1. The lowest BCUT2D eigenvalue weighted by Gasteiger charge is -2.37. The second-order valence-electron chi connectivity index (χ2n) is 6.84. The molecular weight excluding hydrogens is 266 g/mol. The molecule has 0 bridgehead atoms. The highest BCUT2D eigenvalue weighted by atomic mass is 16.5. The molecule has 21 heavy (non-hydrogen) atoms. The molecule has 0 unspecified atom stereocenters. The minimum absolute atomic E-state index is 0.0219. The number of carbonyl (C=O) groups excluding carboxylic acids is 1. The van der Waals surface area contributed by atoms with Gasteiger partial charge in [-0.2, -0.15) is 0 Å². The minimum Gasteiger partial charge on any atom is -0.370 e. The lowest BCUT2D eigenvalue weighted by molar-refractivity contribution is -0.917. The first-order chi connectivity index (χ1) is 10.2. The highest BCUT2D eigenvalue weighted by Gasteiger charge is 2.24. The maximum atomic E-state index is 11.8. The van der Waals surface area contributed by atoms with E-state index < -0.39 is 0 Å². The third-order valence-electron chi connectivity index (χ3n) is 4.90. The van der Waals surface area contributed by atoms with E-state index in [1.165, 1.54) is 32.2 Å². The van der Waals surface area contributed by atoms with Gasteiger partial charge in [0.15, 0.2) is 0 Å². The van der Waals surface area contributed by atoms with E-state index in [1.54, 1.807) is 0 Å². The van der Waals surface area contributed by atoms with Crippen molar-refractivity contribution in [1.82, 2.24) is 10.6 Å². The molecule has 1 saturated carbocycles. The first kappa shape index (κ1) is 16.6. The molecule has 0 aromatic heterocycles. The van der Waals surface area contributed by atoms with Crippen LogP contribution in [0, 0.1) is 0 Å². The van der Waals surface area contributed by atoms with Gasteiger partial charge in [-0.1, -0.05) is 19.3 Å². The predicted octanol–water partition coefficient (Wildman–Crippen LogP) is 1.88. The molecular formula is C16H32N3O2+. The first-order valence-corrected chi connectivity index (χ1v) is 8.64. The second-order valence-corrected chi connectivity index (χ2v) is 6.84. The number of hydrogen-bond donors (Lipinski definition) is 2. The summed E-state index contributed by atoms with van der Waals surface area (Å²) in [5.74, 6) is 0. The highest BCUT2D eigenvalue weighted by Crippen LogP contribution is 2.17. The average Bonchev–Trinajstić information content (AvgIpc) is 2.48. The van der Waals surface area contributed by atoms with Crippen LogP contribution in [0.5, 0.6) is 0 Å². The van der Waals surface area contributed by atoms with Gasteiger partial charge in [-0.15, -0.1) is 0 Å². The fourth-order valence-corrected chi connectivity index (χ4v) is 3.31. The number of likely N-dealkylation sites (N-methyl/N-ethyl adjacent to an activating group) is 1. The Labute approximate surface area is 129 Å². The third-order valence-corrected chi connectivity index (χ3v) is 4.90. The molecule has 5 nitrogen and oxygen atoms in total. The lowest BCUT2D eigenvalue weighted by atomic mass is 9.96. The Hall–Kier alpha value is -0.810. The molecule has 1 aliphatic heterocycles. The summed E-state index contributed by atoms with van der Waals surface area (Å²) in [4.78, 5) is 11.8. The largest absolute Gasteiger partial charge is 0.370 e. The number of morpholine rings is 1. The molecule has 0 aromatic carbocycles. The van der Waals surface area contributed by atoms with Crippen LogP contribution in [0.25, 0.3) is 0 Å². The van der Waals surface area contributed by atoms with Gasteiger partial charge in [0, 0.05) is 12.6 Å². The Balaban J connectivity index is 1.49. The Morgan fingerprint density at radius 2 is 1.86 bits per heavy atom. The molecule has 1 saturated heterocycles. The normalized spacial score (nSPS) is 22.7. The van der Waals surface area contributed by atoms with E-state index >= 15 is 0 Å². The monoisotopic (exact) mass is 298 g/mol. The van der Waals surface area contributed by atoms with Crippen LogP contribution < -0.4 is 10.6 Å². The predicted molar refractivity (Wildman–Crippen MR) is 84.2 cm³/mol. The zero-order valence-corrected chi connectivity index (χ0v) is 13.5. The van der Waals surface area contributed by atoms with Gasteiger partial charge in [-0.3, -0.25) is 0 Å². The van der Waals surface area contributed by atoms with Crippen LogP contribution in [0.1, 0.15) is 44.9 Å². The van der Waals surface area contributed by atoms with E-state index in [9.17, 15) is 4.79 Å². The molecule has 0 atom stereocenters. The maximum Gasteiger partial charge on any atom is 0.315 e. The average molecular weight is 298 g/mol. The summed E-state index contributed by atoms with van der Waals surface area (Å²) in [5.41, 5.74) is 0. The van der Waals surface area contributed by atoms with Crippen LogP contribution in [-0.2, 0) is 4.74 Å². The smallest absolute Gasteiger partial charge is 0.315 e. The Morgan fingerprint density at radius 1 is 1.14 bits per heavy atom. The topological polar surface area (TPSA) is 50.4 Å². The zero-order valence-electron chi connectivity index (χ0n) is 13.5. The fraction of sp³-hybridized carbons (Fsp3) is 0.938. The first-order valence-electron chi connectivity index (χ1n) is 8.64. The van der Waals surface area contributed by atoms with Crippen molar-refractivity contribution in [2.24, 2.45) is 0 Å². The second kappa shape index (κ2) is 8.59. The van der Waals surface area contributed by atoms with Crippen LogP contribution in [0.2, 0.25) is 0 Å². The summed E-state index contributed by atoms with van der Waals surface area (Å²) in [7, 11) is 2.31. The molecule has 5 heteroatoms. The van der Waals surface area contributed by atoms with Crippen molar-refractivity contribution in [1.29, 1.82) is 0 Å². The number of carbonyl (C=O) groups is 1. The maximum absolute atomic E-state index is 11.8. The van der Waals surface area contributed by atoms with Gasteiger partial charge in [-0.25, -0.2) is 4.79 Å². The number of hydrogen-bond acceptors (Lipinski definition) is 2. The molecule has 122 valence electrons. The van der Waals surface area contributed by atoms with Crippen molar-refractivity contribution in [3.05, 3.63) is 0 Å². The van der Waals surface area contributed by atoms with Crippen molar-refractivity contribution in [2.75, 3.05) is 46.4 Å². The minimum atomic E-state index is 0.0219. The molecule has 1 heterocycles. The summed E-state index contributed by atoms with van der Waals surface area (Å²) < 4.78 is 6.53. The van der Waals surface area contributed by atoms with Gasteiger partial charge in [0.25, 0.3) is 0 Å². The Kier molecular flexibility index (Phi) is 6.77. The zero-order chi connectivity index (χ0) is 15.0. The molecule has 2 fully saturated rings. The summed E-state index contributed by atoms with van der Waals surface area (Å²) in [6.45, 7) is 5.99. The third kappa shape index (κ3) is 6.22. The number of rotatable bonds is 6. The quantitative estimate of drug-likeness (QED) is 0.581. The number of unbranched alkanes of at least 4 members (excludes halogenated alkanes) is 1. The highest BCUT2D eigenvalue weighted by molar-refractivity contribution is 5.74. The lowest BCUT2D eigenvalue weighted by Crippen LogP contribution is -2.52. The number of nitrogens with zero attached hydrogens (tertiary/aromatic N) is 1. The molecule has 2 amide bonds. The van der Waals surface area contributed by atoms with Crippen molar-refractivity contribution in [2.45, 2.75) is 51.0 Å². The van der Waals surface area contributed by atoms with Crippen LogP contribution in [0.15, 0.2) is 0 Å². The van der Waals surface area contributed by atoms with Crippen LogP contribution in [0.3, 0.4) is 0 Å². The van der Waals surface area contributed by atoms with Gasteiger partial charge in [-0.05, 0) is 25.7 Å². The summed E-state index contributed by atoms with van der Waals surface area (Å²) in [6, 6.07) is 0.422. The van der Waals surface area contributed by atoms with Gasteiger partial charge < -0.3 is 19.9 Å². The number of quaternary nitrogens is 1. The van der Waals surface area contributed by atoms with Crippen LogP contribution >= 0.6 is 0 Å². The van der Waals surface area contributed by atoms with Crippen LogP contribution in [-0.4, -0.2) is 63.0 Å². The summed E-state index contributed by atoms with van der Waals surface area (Å²) in [6.07, 6.45) is 8.35. The van der Waals surface area contributed by atoms with Gasteiger partial charge in [0.05, 0.1) is 26.8 Å². The number of ether oxygens (including phenoxy) is 1. The Bertz CT molecular complexity index is 311. The van der Waals surface area contributed by atoms with Crippen molar-refractivity contribution in [3.8, 4) is 0 Å². The van der Waals surface area contributed by atoms with E-state index in [2.05, 4.69) is 17.7 Å². The molecule has 0 aromatic rings. The van der Waals surface area contributed by atoms with E-state index in [0.29, 0.717) is 6.04 Å². The van der Waals surface area contributed by atoms with E-state index in [1.807, 2.05) is 0 Å². The number of amides is 2. The van der Waals surface area contributed by atoms with E-state index in [-0.39, 0.29) is 6.03 Å². The fourth-order valence-electron chi connectivity index (χ4n) is 3.31. The van der Waals surface area contributed by atoms with E-state index in [4.69, 9.17) is 4.74 Å². The van der Waals surface area contributed by atoms with Gasteiger partial charge in [0.2, 0.25) is 0 Å². The van der Waals surface area contributed by atoms with Gasteiger partial charge in [0.1, 0.15) is 13.1 Å². The van der Waals surface area contributed by atoms with Crippen molar-refractivity contribution in [3.63, 3.8) is 0 Å². The Morgan fingerprint density at radius 3 is 2.57 bits per heavy atom.